The highest BCUT2D eigenvalue weighted by molar-refractivity contribution is 6.37. The molecule has 2 heterocycles. The minimum Gasteiger partial charge on any atom is -0.342 e. The molecule has 4 nitrogen and oxygen atoms in total. The summed E-state index contributed by atoms with van der Waals surface area (Å²) in [5, 5.41) is 0.883. The first-order valence-electron chi connectivity index (χ1n) is 8.79. The Morgan fingerprint density at radius 2 is 1.22 bits per heavy atom. The number of hydrogen-bond donors (Lipinski definition) is 0. The molecule has 4 aromatic rings. The van der Waals surface area contributed by atoms with Crippen LogP contribution < -0.4 is 4.90 Å². The molecule has 0 fully saturated rings. The third kappa shape index (κ3) is 2.10. The second kappa shape index (κ2) is 5.68. The molecule has 0 bridgehead atoms. The number of aromatic nitrogens is 1. The lowest BCUT2D eigenvalue weighted by molar-refractivity contribution is 0.0926. The predicted molar refractivity (Wildman–Crippen MR) is 106 cm³/mol. The number of nitrogens with zero attached hydrogens (tertiary/aromatic N) is 2. The molecule has 0 spiro atoms. The van der Waals surface area contributed by atoms with Crippen LogP contribution in [0.1, 0.15) is 20.7 Å². The second-order valence-electron chi connectivity index (χ2n) is 6.63. The van der Waals surface area contributed by atoms with Crippen LogP contribution in [0.4, 0.5) is 5.69 Å². The van der Waals surface area contributed by atoms with Gasteiger partial charge in [0.25, 0.3) is 11.8 Å². The average molecular weight is 352 g/mol. The van der Waals surface area contributed by atoms with Gasteiger partial charge < -0.3 is 4.57 Å². The molecule has 0 unspecified atom stereocenters. The normalized spacial score (nSPS) is 13.4. The average Bonchev–Trinajstić information content (AvgIpc) is 3.14. The molecule has 0 N–H and O–H groups in total. The quantitative estimate of drug-likeness (QED) is 0.493. The molecule has 0 radical (unpaired) electrons. The van der Waals surface area contributed by atoms with Crippen LogP contribution in [0, 0.1) is 0 Å². The summed E-state index contributed by atoms with van der Waals surface area (Å²) in [6.45, 7) is 0. The van der Waals surface area contributed by atoms with Crippen LogP contribution in [0.3, 0.4) is 0 Å². The molecular formula is C23H16N2O2. The van der Waals surface area contributed by atoms with E-state index in [-0.39, 0.29) is 11.8 Å². The monoisotopic (exact) mass is 352 g/mol. The summed E-state index contributed by atoms with van der Waals surface area (Å²) in [6, 6.07) is 24.7. The molecule has 5 rings (SSSR count). The molecule has 1 aliphatic heterocycles. The number of fused-ring (bicyclic) bond motifs is 2. The van der Waals surface area contributed by atoms with Gasteiger partial charge in [-0.3, -0.25) is 9.59 Å². The zero-order valence-electron chi connectivity index (χ0n) is 14.7. The van der Waals surface area contributed by atoms with Crippen molar-refractivity contribution in [1.29, 1.82) is 0 Å². The summed E-state index contributed by atoms with van der Waals surface area (Å²) in [4.78, 5) is 27.6. The number of aryl methyl sites for hydroxylation is 1. The molecule has 0 atom stereocenters. The Labute approximate surface area is 156 Å². The molecule has 1 aliphatic rings. The number of amides is 2. The maximum absolute atomic E-state index is 13.1. The van der Waals surface area contributed by atoms with Gasteiger partial charge in [0.15, 0.2) is 0 Å². The Balaban J connectivity index is 1.85. The number of imide groups is 1. The van der Waals surface area contributed by atoms with E-state index >= 15 is 0 Å². The van der Waals surface area contributed by atoms with E-state index in [1.165, 1.54) is 4.90 Å². The number of hydrogen-bond acceptors (Lipinski definition) is 2. The Hall–Kier alpha value is -3.66. The lowest BCUT2D eigenvalue weighted by Gasteiger charge is -2.17. The topological polar surface area (TPSA) is 42.3 Å². The number of para-hydroxylation sites is 1. The standard InChI is InChI=1S/C23H16N2O2/c1-24-19-14-8-7-13-18(19)21(20(24)15-9-3-2-4-10-15)25-22(26)16-11-5-6-12-17(16)23(25)27/h2-14H,1H3. The largest absolute Gasteiger partial charge is 0.342 e. The Morgan fingerprint density at radius 3 is 1.89 bits per heavy atom. The minimum atomic E-state index is -0.274. The Bertz CT molecular complexity index is 1190. The fourth-order valence-electron chi connectivity index (χ4n) is 3.92. The van der Waals surface area contributed by atoms with Gasteiger partial charge in [-0.1, -0.05) is 60.7 Å². The molecule has 0 saturated carbocycles. The molecule has 2 amide bonds. The van der Waals surface area contributed by atoms with Crippen LogP contribution in [-0.4, -0.2) is 16.4 Å². The van der Waals surface area contributed by atoms with E-state index in [0.29, 0.717) is 16.8 Å². The van der Waals surface area contributed by atoms with Crippen LogP contribution in [0.15, 0.2) is 78.9 Å². The van der Waals surface area contributed by atoms with Crippen molar-refractivity contribution in [2.75, 3.05) is 4.90 Å². The van der Waals surface area contributed by atoms with Gasteiger partial charge >= 0.3 is 0 Å². The van der Waals surface area contributed by atoms with Crippen LogP contribution in [-0.2, 0) is 7.05 Å². The fourth-order valence-corrected chi connectivity index (χ4v) is 3.92. The van der Waals surface area contributed by atoms with E-state index in [4.69, 9.17) is 0 Å². The molecule has 130 valence electrons. The van der Waals surface area contributed by atoms with Gasteiger partial charge in [-0.15, -0.1) is 0 Å². The highest BCUT2D eigenvalue weighted by atomic mass is 16.2. The number of carbonyl (C=O) groups excluding carboxylic acids is 2. The van der Waals surface area contributed by atoms with Gasteiger partial charge in [-0.05, 0) is 18.2 Å². The van der Waals surface area contributed by atoms with E-state index < -0.39 is 0 Å². The first-order valence-corrected chi connectivity index (χ1v) is 8.79. The van der Waals surface area contributed by atoms with E-state index in [0.717, 1.165) is 22.2 Å². The molecule has 0 saturated heterocycles. The van der Waals surface area contributed by atoms with Gasteiger partial charge in [0.1, 0.15) is 0 Å². The van der Waals surface area contributed by atoms with Crippen molar-refractivity contribution in [1.82, 2.24) is 4.57 Å². The molecule has 1 aromatic heterocycles. The van der Waals surface area contributed by atoms with Crippen molar-refractivity contribution in [3.05, 3.63) is 90.0 Å². The lowest BCUT2D eigenvalue weighted by Crippen LogP contribution is -2.29. The first kappa shape index (κ1) is 15.6. The summed E-state index contributed by atoms with van der Waals surface area (Å²) >= 11 is 0. The number of anilines is 1. The molecule has 3 aromatic carbocycles. The van der Waals surface area contributed by atoms with E-state index in [1.807, 2.05) is 66.2 Å². The van der Waals surface area contributed by atoms with Gasteiger partial charge in [0, 0.05) is 18.0 Å². The van der Waals surface area contributed by atoms with E-state index in [1.54, 1.807) is 24.3 Å². The van der Waals surface area contributed by atoms with E-state index in [2.05, 4.69) is 0 Å². The number of rotatable bonds is 2. The molecule has 0 aliphatic carbocycles. The van der Waals surface area contributed by atoms with Crippen molar-refractivity contribution in [3.63, 3.8) is 0 Å². The fraction of sp³-hybridized carbons (Fsp3) is 0.0435. The second-order valence-corrected chi connectivity index (χ2v) is 6.63. The smallest absolute Gasteiger partial charge is 0.266 e. The molecule has 27 heavy (non-hydrogen) atoms. The van der Waals surface area contributed by atoms with Crippen LogP contribution in [0.25, 0.3) is 22.2 Å². The zero-order valence-corrected chi connectivity index (χ0v) is 14.7. The van der Waals surface area contributed by atoms with Crippen LogP contribution in [0.2, 0.25) is 0 Å². The summed E-state index contributed by atoms with van der Waals surface area (Å²) in [6.07, 6.45) is 0. The highest BCUT2D eigenvalue weighted by Crippen LogP contribution is 2.42. The van der Waals surface area contributed by atoms with Gasteiger partial charge in [-0.2, -0.15) is 0 Å². The first-order chi connectivity index (χ1) is 13.2. The maximum Gasteiger partial charge on any atom is 0.266 e. The van der Waals surface area contributed by atoms with E-state index in [9.17, 15) is 9.59 Å². The maximum atomic E-state index is 13.1. The minimum absolute atomic E-state index is 0.274. The van der Waals surface area contributed by atoms with Crippen molar-refractivity contribution < 1.29 is 9.59 Å². The highest BCUT2D eigenvalue weighted by Gasteiger charge is 2.39. The van der Waals surface area contributed by atoms with Crippen LogP contribution in [0.5, 0.6) is 0 Å². The number of benzene rings is 3. The SMILES string of the molecule is Cn1c(-c2ccccc2)c(N2C(=O)c3ccccc3C2=O)c2ccccc21. The number of carbonyl (C=O) groups is 2. The van der Waals surface area contributed by atoms with Crippen molar-refractivity contribution in [2.24, 2.45) is 7.05 Å². The molecule has 4 heteroatoms. The van der Waals surface area contributed by atoms with Crippen molar-refractivity contribution in [2.45, 2.75) is 0 Å². The summed E-state index contributed by atoms with van der Waals surface area (Å²) in [5.41, 5.74) is 4.34. The van der Waals surface area contributed by atoms with Gasteiger partial charge in [0.2, 0.25) is 0 Å². The lowest BCUT2D eigenvalue weighted by atomic mass is 10.1. The third-order valence-corrected chi connectivity index (χ3v) is 5.15. The summed E-state index contributed by atoms with van der Waals surface area (Å²) in [7, 11) is 1.96. The Kier molecular flexibility index (Phi) is 3.28. The summed E-state index contributed by atoms with van der Waals surface area (Å²) in [5.74, 6) is -0.548. The molecular weight excluding hydrogens is 336 g/mol. The predicted octanol–water partition coefficient (Wildman–Crippen LogP) is 4.65. The van der Waals surface area contributed by atoms with Crippen molar-refractivity contribution in [3.8, 4) is 11.3 Å². The Morgan fingerprint density at radius 1 is 0.667 bits per heavy atom. The zero-order chi connectivity index (χ0) is 18.5. The van der Waals surface area contributed by atoms with Crippen molar-refractivity contribution >= 4 is 28.4 Å². The van der Waals surface area contributed by atoms with Crippen LogP contribution >= 0.6 is 0 Å². The van der Waals surface area contributed by atoms with Gasteiger partial charge in [-0.25, -0.2) is 4.90 Å². The summed E-state index contributed by atoms with van der Waals surface area (Å²) < 4.78 is 2.05. The van der Waals surface area contributed by atoms with Gasteiger partial charge in [0.05, 0.1) is 28.0 Å². The third-order valence-electron chi connectivity index (χ3n) is 5.15.